The average molecular weight is 395 g/mol. The van der Waals surface area contributed by atoms with Crippen molar-refractivity contribution < 1.29 is 13.9 Å². The Morgan fingerprint density at radius 1 is 1.21 bits per heavy atom. The maximum Gasteiger partial charge on any atom is 0.323 e. The molecule has 0 bridgehead atoms. The van der Waals surface area contributed by atoms with E-state index in [1.54, 1.807) is 23.2 Å². The van der Waals surface area contributed by atoms with Crippen molar-refractivity contribution in [3.63, 3.8) is 0 Å². The summed E-state index contributed by atoms with van der Waals surface area (Å²) in [7, 11) is 0. The van der Waals surface area contributed by atoms with Gasteiger partial charge < -0.3 is 19.0 Å². The summed E-state index contributed by atoms with van der Waals surface area (Å²) in [4.78, 5) is 25.3. The number of benzene rings is 1. The Bertz CT molecular complexity index is 1010. The van der Waals surface area contributed by atoms with Crippen molar-refractivity contribution in [3.05, 3.63) is 42.1 Å². The Morgan fingerprint density at radius 2 is 2.00 bits per heavy atom. The number of pyridine rings is 1. The second kappa shape index (κ2) is 7.98. The molecule has 0 spiro atoms. The number of aromatic nitrogens is 2. The summed E-state index contributed by atoms with van der Waals surface area (Å²) in [5, 5.41) is 2.86. The molecule has 1 fully saturated rings. The Labute approximate surface area is 169 Å². The Kier molecular flexibility index (Phi) is 5.24. The van der Waals surface area contributed by atoms with E-state index in [0.29, 0.717) is 43.8 Å². The van der Waals surface area contributed by atoms with Crippen LogP contribution >= 0.6 is 0 Å². The summed E-state index contributed by atoms with van der Waals surface area (Å²) >= 11 is 0. The number of nitrogens with one attached hydrogen (secondary N) is 1. The third-order valence-corrected chi connectivity index (χ3v) is 4.73. The van der Waals surface area contributed by atoms with E-state index in [2.05, 4.69) is 20.2 Å². The van der Waals surface area contributed by atoms with Crippen LogP contribution in [-0.2, 0) is 0 Å². The SMILES string of the molecule is Cc1ccc2oc(N3CCN(C(=O)Nc4ncccc4OC(C)C)CC3)nc2c1. The van der Waals surface area contributed by atoms with E-state index < -0.39 is 0 Å². The Hall–Kier alpha value is -3.29. The molecule has 2 amide bonds. The number of nitrogens with zero attached hydrogens (tertiary/aromatic N) is 4. The molecule has 2 aromatic heterocycles. The number of hydrogen-bond acceptors (Lipinski definition) is 6. The van der Waals surface area contributed by atoms with Crippen LogP contribution in [0.3, 0.4) is 0 Å². The fourth-order valence-electron chi connectivity index (χ4n) is 3.28. The van der Waals surface area contributed by atoms with Crippen molar-refractivity contribution in [1.82, 2.24) is 14.9 Å². The van der Waals surface area contributed by atoms with Crippen molar-refractivity contribution in [2.45, 2.75) is 26.9 Å². The van der Waals surface area contributed by atoms with Gasteiger partial charge in [-0.1, -0.05) is 6.07 Å². The summed E-state index contributed by atoms with van der Waals surface area (Å²) in [5.74, 6) is 0.999. The molecule has 3 aromatic rings. The molecule has 8 nitrogen and oxygen atoms in total. The normalized spacial score (nSPS) is 14.5. The smallest absolute Gasteiger partial charge is 0.323 e. The first-order valence-corrected chi connectivity index (χ1v) is 9.79. The van der Waals surface area contributed by atoms with Gasteiger partial charge in [0.25, 0.3) is 6.01 Å². The number of amides is 2. The molecule has 8 heteroatoms. The highest BCUT2D eigenvalue weighted by Crippen LogP contribution is 2.25. The topological polar surface area (TPSA) is 83.7 Å². The molecule has 1 saturated heterocycles. The molecule has 0 radical (unpaired) electrons. The second-order valence-corrected chi connectivity index (χ2v) is 7.39. The van der Waals surface area contributed by atoms with Crippen LogP contribution in [-0.4, -0.2) is 53.2 Å². The van der Waals surface area contributed by atoms with Gasteiger partial charge >= 0.3 is 6.03 Å². The number of anilines is 2. The average Bonchev–Trinajstić information content (AvgIpc) is 3.12. The molecule has 4 rings (SSSR count). The van der Waals surface area contributed by atoms with E-state index in [9.17, 15) is 4.79 Å². The molecule has 0 saturated carbocycles. The van der Waals surface area contributed by atoms with Gasteiger partial charge in [-0.15, -0.1) is 0 Å². The molecule has 0 atom stereocenters. The first-order chi connectivity index (χ1) is 14.0. The van der Waals surface area contributed by atoms with Crippen LogP contribution in [0.5, 0.6) is 5.75 Å². The third-order valence-electron chi connectivity index (χ3n) is 4.73. The predicted molar refractivity (Wildman–Crippen MR) is 112 cm³/mol. The minimum absolute atomic E-state index is 0.00139. The van der Waals surface area contributed by atoms with Crippen molar-refractivity contribution in [3.8, 4) is 5.75 Å². The summed E-state index contributed by atoms with van der Waals surface area (Å²) < 4.78 is 11.6. The number of fused-ring (bicyclic) bond motifs is 1. The molecule has 1 aliphatic heterocycles. The first-order valence-electron chi connectivity index (χ1n) is 9.79. The van der Waals surface area contributed by atoms with Crippen LogP contribution in [0, 0.1) is 6.92 Å². The molecule has 1 N–H and O–H groups in total. The van der Waals surface area contributed by atoms with E-state index in [4.69, 9.17) is 9.15 Å². The Balaban J connectivity index is 1.38. The largest absolute Gasteiger partial charge is 0.487 e. The van der Waals surface area contributed by atoms with Gasteiger partial charge in [0.05, 0.1) is 6.10 Å². The van der Waals surface area contributed by atoms with Gasteiger partial charge in [0.2, 0.25) is 0 Å². The second-order valence-electron chi connectivity index (χ2n) is 7.39. The highest BCUT2D eigenvalue weighted by Gasteiger charge is 2.25. The van der Waals surface area contributed by atoms with Gasteiger partial charge in [-0.3, -0.25) is 5.32 Å². The van der Waals surface area contributed by atoms with Crippen LogP contribution < -0.4 is 15.0 Å². The predicted octanol–water partition coefficient (Wildman–Crippen LogP) is 3.67. The van der Waals surface area contributed by atoms with E-state index in [-0.39, 0.29) is 12.1 Å². The first kappa shape index (κ1) is 19.0. The maximum absolute atomic E-state index is 12.7. The minimum Gasteiger partial charge on any atom is -0.487 e. The number of rotatable bonds is 4. The van der Waals surface area contributed by atoms with E-state index in [1.807, 2.05) is 39.0 Å². The molecular weight excluding hydrogens is 370 g/mol. The van der Waals surface area contributed by atoms with Crippen LogP contribution in [0.25, 0.3) is 11.1 Å². The van der Waals surface area contributed by atoms with Gasteiger partial charge in [0.1, 0.15) is 5.52 Å². The molecule has 29 heavy (non-hydrogen) atoms. The lowest BCUT2D eigenvalue weighted by molar-refractivity contribution is 0.206. The van der Waals surface area contributed by atoms with Crippen molar-refractivity contribution in [1.29, 1.82) is 0 Å². The molecular formula is C21H25N5O3. The number of hydrogen-bond donors (Lipinski definition) is 1. The van der Waals surface area contributed by atoms with Crippen molar-refractivity contribution in [2.24, 2.45) is 0 Å². The summed E-state index contributed by atoms with van der Waals surface area (Å²) in [5.41, 5.74) is 2.78. The zero-order valence-electron chi connectivity index (χ0n) is 16.9. The van der Waals surface area contributed by atoms with Crippen LogP contribution in [0.2, 0.25) is 0 Å². The molecule has 3 heterocycles. The summed E-state index contributed by atoms with van der Waals surface area (Å²) in [6.45, 7) is 8.34. The van der Waals surface area contributed by atoms with Crippen LogP contribution in [0.1, 0.15) is 19.4 Å². The van der Waals surface area contributed by atoms with Crippen LogP contribution in [0.15, 0.2) is 40.9 Å². The monoisotopic (exact) mass is 395 g/mol. The molecule has 0 aliphatic carbocycles. The highest BCUT2D eigenvalue weighted by atomic mass is 16.5. The molecule has 1 aromatic carbocycles. The maximum atomic E-state index is 12.7. The van der Waals surface area contributed by atoms with Crippen molar-refractivity contribution >= 4 is 29.0 Å². The summed E-state index contributed by atoms with van der Waals surface area (Å²) in [6.07, 6.45) is 1.63. The highest BCUT2D eigenvalue weighted by molar-refractivity contribution is 5.90. The van der Waals surface area contributed by atoms with E-state index in [0.717, 1.165) is 16.7 Å². The zero-order valence-corrected chi connectivity index (χ0v) is 16.9. The minimum atomic E-state index is -0.190. The number of aryl methyl sites for hydroxylation is 1. The van der Waals surface area contributed by atoms with Gasteiger partial charge in [0.15, 0.2) is 17.2 Å². The Morgan fingerprint density at radius 3 is 2.76 bits per heavy atom. The number of ether oxygens (including phenoxy) is 1. The quantitative estimate of drug-likeness (QED) is 0.726. The summed E-state index contributed by atoms with van der Waals surface area (Å²) in [6, 6.07) is 9.95. The van der Waals surface area contributed by atoms with Gasteiger partial charge in [-0.05, 0) is 50.6 Å². The lowest BCUT2D eigenvalue weighted by Gasteiger charge is -2.33. The van der Waals surface area contributed by atoms with Gasteiger partial charge in [0, 0.05) is 32.4 Å². The lowest BCUT2D eigenvalue weighted by atomic mass is 10.2. The van der Waals surface area contributed by atoms with E-state index in [1.165, 1.54) is 0 Å². The number of carbonyl (C=O) groups is 1. The zero-order chi connectivity index (χ0) is 20.4. The number of oxazole rings is 1. The van der Waals surface area contributed by atoms with E-state index >= 15 is 0 Å². The molecule has 152 valence electrons. The number of carbonyl (C=O) groups excluding carboxylic acids is 1. The molecule has 0 unspecified atom stereocenters. The third kappa shape index (κ3) is 4.26. The molecule has 1 aliphatic rings. The number of piperazine rings is 1. The fourth-order valence-corrected chi connectivity index (χ4v) is 3.28. The van der Waals surface area contributed by atoms with Gasteiger partial charge in [-0.25, -0.2) is 9.78 Å². The van der Waals surface area contributed by atoms with Crippen molar-refractivity contribution in [2.75, 3.05) is 36.4 Å². The number of urea groups is 1. The van der Waals surface area contributed by atoms with Gasteiger partial charge in [-0.2, -0.15) is 4.98 Å². The lowest BCUT2D eigenvalue weighted by Crippen LogP contribution is -2.50. The fraction of sp³-hybridized carbons (Fsp3) is 0.381. The standard InChI is InChI=1S/C21H25N5O3/c1-14(2)28-18-5-4-8-22-19(18)24-20(27)25-9-11-26(12-10-25)21-23-16-13-15(3)6-7-17(16)29-21/h4-8,13-14H,9-12H2,1-3H3,(H,22,24,27). The van der Waals surface area contributed by atoms with Crippen LogP contribution in [0.4, 0.5) is 16.6 Å².